The maximum atomic E-state index is 12.8. The smallest absolute Gasteiger partial charge is 0.259 e. The normalized spacial score (nSPS) is 12.7. The molecule has 6 heteroatoms. The number of carbonyl (C=O) groups excluding carboxylic acids is 1. The number of rotatable bonds is 4. The number of para-hydroxylation sites is 1. The second-order valence-corrected chi connectivity index (χ2v) is 5.92. The summed E-state index contributed by atoms with van der Waals surface area (Å²) in [6, 6.07) is 15.2. The molecular formula is C20H19N3O3. The zero-order valence-corrected chi connectivity index (χ0v) is 14.4. The van der Waals surface area contributed by atoms with Crippen LogP contribution in [-0.2, 0) is 6.42 Å². The lowest BCUT2D eigenvalue weighted by Gasteiger charge is -2.19. The Balaban J connectivity index is 1.60. The van der Waals surface area contributed by atoms with Crippen molar-refractivity contribution in [1.29, 1.82) is 0 Å². The van der Waals surface area contributed by atoms with Crippen molar-refractivity contribution in [1.82, 2.24) is 9.78 Å². The van der Waals surface area contributed by atoms with E-state index < -0.39 is 0 Å². The lowest BCUT2D eigenvalue weighted by molar-refractivity contribution is 0.102. The van der Waals surface area contributed by atoms with Gasteiger partial charge in [-0.3, -0.25) is 4.79 Å². The third kappa shape index (κ3) is 3.01. The number of fused-ring (bicyclic) bond motifs is 1. The van der Waals surface area contributed by atoms with Crippen molar-refractivity contribution in [3.8, 4) is 17.2 Å². The number of ether oxygens (including phenoxy) is 2. The highest BCUT2D eigenvalue weighted by Gasteiger charge is 2.18. The number of carbonyl (C=O) groups is 1. The maximum absolute atomic E-state index is 12.8. The number of nitrogens with zero attached hydrogens (tertiary/aromatic N) is 2. The monoisotopic (exact) mass is 349 g/mol. The average molecular weight is 349 g/mol. The van der Waals surface area contributed by atoms with Crippen molar-refractivity contribution in [3.63, 3.8) is 0 Å². The summed E-state index contributed by atoms with van der Waals surface area (Å²) >= 11 is 0. The number of hydrogen-bond donors (Lipinski definition) is 1. The Labute approximate surface area is 151 Å². The molecule has 0 atom stereocenters. The Morgan fingerprint density at radius 3 is 2.65 bits per heavy atom. The van der Waals surface area contributed by atoms with Gasteiger partial charge < -0.3 is 14.8 Å². The third-order valence-corrected chi connectivity index (χ3v) is 4.25. The fourth-order valence-electron chi connectivity index (χ4n) is 3.01. The molecule has 0 aliphatic carbocycles. The second-order valence-electron chi connectivity index (χ2n) is 5.92. The first-order valence-corrected chi connectivity index (χ1v) is 8.59. The van der Waals surface area contributed by atoms with Crippen molar-refractivity contribution in [2.75, 3.05) is 18.5 Å². The van der Waals surface area contributed by atoms with Crippen molar-refractivity contribution < 1.29 is 14.3 Å². The molecule has 1 N–H and O–H groups in total. The molecule has 0 spiro atoms. The van der Waals surface area contributed by atoms with Crippen LogP contribution in [0.15, 0.2) is 54.7 Å². The molecule has 0 bridgehead atoms. The Morgan fingerprint density at radius 2 is 1.88 bits per heavy atom. The van der Waals surface area contributed by atoms with Crippen molar-refractivity contribution in [2.45, 2.75) is 13.3 Å². The summed E-state index contributed by atoms with van der Waals surface area (Å²) in [7, 11) is 0. The molecule has 1 aliphatic heterocycles. The number of hydrogen-bond acceptors (Lipinski definition) is 4. The van der Waals surface area contributed by atoms with E-state index in [0.717, 1.165) is 11.4 Å². The molecule has 0 unspecified atom stereocenters. The minimum Gasteiger partial charge on any atom is -0.486 e. The quantitative estimate of drug-likeness (QED) is 0.783. The number of aromatic nitrogens is 2. The number of amides is 1. The molecular weight excluding hydrogens is 330 g/mol. The molecule has 0 fully saturated rings. The molecule has 4 rings (SSSR count). The molecule has 2 heterocycles. The van der Waals surface area contributed by atoms with Gasteiger partial charge in [0.2, 0.25) is 0 Å². The van der Waals surface area contributed by atoms with Gasteiger partial charge in [0.1, 0.15) is 13.2 Å². The van der Waals surface area contributed by atoms with Crippen LogP contribution in [0.5, 0.6) is 11.5 Å². The molecule has 0 radical (unpaired) electrons. The number of anilines is 1. The van der Waals surface area contributed by atoms with E-state index in [1.165, 1.54) is 0 Å². The Morgan fingerprint density at radius 1 is 1.12 bits per heavy atom. The lowest BCUT2D eigenvalue weighted by Crippen LogP contribution is -2.17. The summed E-state index contributed by atoms with van der Waals surface area (Å²) in [5.41, 5.74) is 3.02. The Hall–Kier alpha value is -3.28. The van der Waals surface area contributed by atoms with Gasteiger partial charge in [-0.2, -0.15) is 5.10 Å². The number of benzene rings is 2. The zero-order chi connectivity index (χ0) is 17.9. The maximum Gasteiger partial charge on any atom is 0.259 e. The Kier molecular flexibility index (Phi) is 4.31. The highest BCUT2D eigenvalue weighted by Crippen LogP contribution is 2.32. The summed E-state index contributed by atoms with van der Waals surface area (Å²) in [5, 5.41) is 7.32. The Bertz CT molecular complexity index is 935. The van der Waals surface area contributed by atoms with E-state index in [1.54, 1.807) is 29.1 Å². The largest absolute Gasteiger partial charge is 0.486 e. The third-order valence-electron chi connectivity index (χ3n) is 4.25. The average Bonchev–Trinajstić information content (AvgIpc) is 3.13. The van der Waals surface area contributed by atoms with Crippen LogP contribution in [0.3, 0.4) is 0 Å². The molecule has 0 saturated carbocycles. The first-order valence-electron chi connectivity index (χ1n) is 8.59. The first kappa shape index (κ1) is 16.2. The van der Waals surface area contributed by atoms with E-state index in [0.29, 0.717) is 42.4 Å². The van der Waals surface area contributed by atoms with Gasteiger partial charge in [-0.25, -0.2) is 4.68 Å². The van der Waals surface area contributed by atoms with E-state index in [1.807, 2.05) is 37.3 Å². The van der Waals surface area contributed by atoms with Crippen LogP contribution in [0.4, 0.5) is 5.69 Å². The highest BCUT2D eigenvalue weighted by atomic mass is 16.6. The van der Waals surface area contributed by atoms with E-state index >= 15 is 0 Å². The van der Waals surface area contributed by atoms with E-state index in [-0.39, 0.29) is 5.91 Å². The molecule has 1 aromatic heterocycles. The van der Waals surface area contributed by atoms with Crippen LogP contribution >= 0.6 is 0 Å². The molecule has 2 aromatic carbocycles. The van der Waals surface area contributed by atoms with Gasteiger partial charge in [-0.05, 0) is 30.7 Å². The standard InChI is InChI=1S/C20H19N3O3/c1-2-17-16(13-21-23(17)15-6-4-3-5-7-15)20(24)22-14-8-9-18-19(12-14)26-11-10-25-18/h3-9,12-13H,2,10-11H2,1H3,(H,22,24). The minimum absolute atomic E-state index is 0.194. The number of nitrogens with one attached hydrogen (secondary N) is 1. The van der Waals surface area contributed by atoms with Crippen LogP contribution in [0.25, 0.3) is 5.69 Å². The van der Waals surface area contributed by atoms with Crippen molar-refractivity contribution >= 4 is 11.6 Å². The van der Waals surface area contributed by atoms with Gasteiger partial charge in [0.15, 0.2) is 11.5 Å². The van der Waals surface area contributed by atoms with Crippen LogP contribution in [-0.4, -0.2) is 28.9 Å². The lowest BCUT2D eigenvalue weighted by atomic mass is 10.1. The summed E-state index contributed by atoms with van der Waals surface area (Å²) in [5.74, 6) is 1.14. The predicted octanol–water partition coefficient (Wildman–Crippen LogP) is 3.46. The molecule has 1 aliphatic rings. The van der Waals surface area contributed by atoms with Crippen molar-refractivity contribution in [2.24, 2.45) is 0 Å². The van der Waals surface area contributed by atoms with Gasteiger partial charge in [0, 0.05) is 11.8 Å². The van der Waals surface area contributed by atoms with Crippen LogP contribution in [0.2, 0.25) is 0 Å². The molecule has 26 heavy (non-hydrogen) atoms. The first-order chi connectivity index (χ1) is 12.8. The van der Waals surface area contributed by atoms with Gasteiger partial charge in [0.25, 0.3) is 5.91 Å². The van der Waals surface area contributed by atoms with E-state index in [4.69, 9.17) is 9.47 Å². The van der Waals surface area contributed by atoms with Crippen LogP contribution in [0.1, 0.15) is 23.0 Å². The van der Waals surface area contributed by atoms with E-state index in [2.05, 4.69) is 10.4 Å². The SMILES string of the molecule is CCc1c(C(=O)Nc2ccc3c(c2)OCCO3)cnn1-c1ccccc1. The molecule has 1 amide bonds. The minimum atomic E-state index is -0.194. The summed E-state index contributed by atoms with van der Waals surface area (Å²) in [6.07, 6.45) is 2.30. The van der Waals surface area contributed by atoms with Crippen molar-refractivity contribution in [3.05, 3.63) is 66.0 Å². The molecule has 132 valence electrons. The molecule has 3 aromatic rings. The van der Waals surface area contributed by atoms with Gasteiger partial charge in [0.05, 0.1) is 23.1 Å². The summed E-state index contributed by atoms with van der Waals surface area (Å²) in [4.78, 5) is 12.8. The fraction of sp³-hybridized carbons (Fsp3) is 0.200. The topological polar surface area (TPSA) is 65.4 Å². The second kappa shape index (κ2) is 6.92. The molecule has 0 saturated heterocycles. The highest BCUT2D eigenvalue weighted by molar-refractivity contribution is 6.05. The van der Waals surface area contributed by atoms with Gasteiger partial charge in [-0.15, -0.1) is 0 Å². The van der Waals surface area contributed by atoms with E-state index in [9.17, 15) is 4.79 Å². The zero-order valence-electron chi connectivity index (χ0n) is 14.4. The van der Waals surface area contributed by atoms with Crippen LogP contribution < -0.4 is 14.8 Å². The fourth-order valence-corrected chi connectivity index (χ4v) is 3.01. The van der Waals surface area contributed by atoms with Gasteiger partial charge in [-0.1, -0.05) is 25.1 Å². The van der Waals surface area contributed by atoms with Gasteiger partial charge >= 0.3 is 0 Å². The summed E-state index contributed by atoms with van der Waals surface area (Å²) < 4.78 is 12.9. The summed E-state index contributed by atoms with van der Waals surface area (Å²) in [6.45, 7) is 3.06. The van der Waals surface area contributed by atoms with Crippen LogP contribution in [0, 0.1) is 0 Å². The molecule has 6 nitrogen and oxygen atoms in total. The predicted molar refractivity (Wildman–Crippen MR) is 98.3 cm³/mol.